The van der Waals surface area contributed by atoms with Crippen molar-refractivity contribution >= 4 is 17.2 Å². The van der Waals surface area contributed by atoms with E-state index in [1.54, 1.807) is 18.3 Å². The van der Waals surface area contributed by atoms with Crippen molar-refractivity contribution in [3.63, 3.8) is 0 Å². The number of aliphatic hydroxyl groups excluding tert-OH is 1. The van der Waals surface area contributed by atoms with E-state index in [2.05, 4.69) is 16.8 Å². The minimum absolute atomic E-state index is 0.0269. The zero-order valence-electron chi connectivity index (χ0n) is 10.1. The van der Waals surface area contributed by atoms with Crippen molar-refractivity contribution < 1.29 is 9.90 Å². The number of carbonyl (C=O) groups excluding carboxylic acids is 1. The van der Waals surface area contributed by atoms with Gasteiger partial charge in [0.1, 0.15) is 0 Å². The minimum Gasteiger partial charge on any atom is -0.393 e. The zero-order valence-corrected chi connectivity index (χ0v) is 10.9. The van der Waals surface area contributed by atoms with E-state index in [-0.39, 0.29) is 17.9 Å². The maximum absolute atomic E-state index is 12.1. The number of nitrogens with one attached hydrogen (secondary N) is 1. The Morgan fingerprint density at radius 3 is 3.29 bits per heavy atom. The van der Waals surface area contributed by atoms with E-state index in [1.807, 2.05) is 0 Å². The number of hydrogen-bond acceptors (Lipinski definition) is 3. The standard InChI is InChI=1S/C13H19NO2S/c1-9(15)5-7-14-13(16)11-3-2-4-12-10(11)6-8-17-12/h6,8-9,11,15H,2-5,7H2,1H3,(H,14,16). The number of rotatable bonds is 4. The molecule has 0 bridgehead atoms. The van der Waals surface area contributed by atoms with Gasteiger partial charge in [0, 0.05) is 11.4 Å². The van der Waals surface area contributed by atoms with Gasteiger partial charge in [-0.1, -0.05) is 0 Å². The van der Waals surface area contributed by atoms with Crippen LogP contribution in [-0.4, -0.2) is 23.7 Å². The Balaban J connectivity index is 1.93. The molecule has 4 heteroatoms. The molecule has 1 aliphatic rings. The predicted molar refractivity (Wildman–Crippen MR) is 69.3 cm³/mol. The van der Waals surface area contributed by atoms with Gasteiger partial charge >= 0.3 is 0 Å². The lowest BCUT2D eigenvalue weighted by atomic mass is 9.87. The van der Waals surface area contributed by atoms with Gasteiger partial charge in [0.2, 0.25) is 5.91 Å². The summed E-state index contributed by atoms with van der Waals surface area (Å²) in [5.41, 5.74) is 1.22. The van der Waals surface area contributed by atoms with E-state index in [9.17, 15) is 4.79 Å². The summed E-state index contributed by atoms with van der Waals surface area (Å²) in [5, 5.41) is 14.1. The first-order chi connectivity index (χ1) is 8.18. The fraction of sp³-hybridized carbons (Fsp3) is 0.615. The largest absolute Gasteiger partial charge is 0.393 e. The third kappa shape index (κ3) is 3.07. The lowest BCUT2D eigenvalue weighted by Gasteiger charge is -2.22. The second kappa shape index (κ2) is 5.65. The van der Waals surface area contributed by atoms with Gasteiger partial charge in [-0.2, -0.15) is 0 Å². The van der Waals surface area contributed by atoms with Gasteiger partial charge < -0.3 is 10.4 Å². The van der Waals surface area contributed by atoms with Gasteiger partial charge in [-0.05, 0) is 49.6 Å². The molecule has 0 saturated heterocycles. The van der Waals surface area contributed by atoms with Gasteiger partial charge in [0.05, 0.1) is 12.0 Å². The van der Waals surface area contributed by atoms with Crippen LogP contribution in [0.15, 0.2) is 11.4 Å². The number of carbonyl (C=O) groups is 1. The number of hydrogen-bond donors (Lipinski definition) is 2. The summed E-state index contributed by atoms with van der Waals surface area (Å²) in [6, 6.07) is 2.08. The van der Waals surface area contributed by atoms with E-state index in [4.69, 9.17) is 5.11 Å². The SMILES string of the molecule is CC(O)CCNC(=O)C1CCCc2sccc21. The van der Waals surface area contributed by atoms with E-state index >= 15 is 0 Å². The average Bonchev–Trinajstić information content (AvgIpc) is 2.75. The minimum atomic E-state index is -0.349. The second-order valence-corrected chi connectivity index (χ2v) is 5.67. The summed E-state index contributed by atoms with van der Waals surface area (Å²) in [6.07, 6.45) is 3.43. The molecule has 1 aromatic rings. The highest BCUT2D eigenvalue weighted by atomic mass is 32.1. The topological polar surface area (TPSA) is 49.3 Å². The highest BCUT2D eigenvalue weighted by Crippen LogP contribution is 2.34. The van der Waals surface area contributed by atoms with Gasteiger partial charge in [-0.15, -0.1) is 11.3 Å². The zero-order chi connectivity index (χ0) is 12.3. The average molecular weight is 253 g/mol. The third-order valence-corrected chi connectivity index (χ3v) is 4.23. The quantitative estimate of drug-likeness (QED) is 0.863. The Kier molecular flexibility index (Phi) is 4.18. The maximum atomic E-state index is 12.1. The van der Waals surface area contributed by atoms with Crippen molar-refractivity contribution in [3.05, 3.63) is 21.9 Å². The van der Waals surface area contributed by atoms with E-state index in [0.717, 1.165) is 19.3 Å². The first-order valence-corrected chi connectivity index (χ1v) is 7.08. The fourth-order valence-electron chi connectivity index (χ4n) is 2.29. The number of amides is 1. The maximum Gasteiger partial charge on any atom is 0.227 e. The van der Waals surface area contributed by atoms with Crippen LogP contribution in [0, 0.1) is 0 Å². The number of aryl methyl sites for hydroxylation is 1. The van der Waals surface area contributed by atoms with Crippen molar-refractivity contribution in [2.45, 2.75) is 44.6 Å². The Hall–Kier alpha value is -0.870. The van der Waals surface area contributed by atoms with Gasteiger partial charge in [0.25, 0.3) is 0 Å². The van der Waals surface area contributed by atoms with E-state index in [1.165, 1.54) is 10.4 Å². The molecule has 2 rings (SSSR count). The first kappa shape index (κ1) is 12.6. The van der Waals surface area contributed by atoms with Crippen LogP contribution in [0.25, 0.3) is 0 Å². The van der Waals surface area contributed by atoms with Crippen LogP contribution in [0.5, 0.6) is 0 Å². The number of aliphatic hydroxyl groups is 1. The molecular formula is C13H19NO2S. The molecule has 0 aliphatic heterocycles. The smallest absolute Gasteiger partial charge is 0.227 e. The normalized spacial score (nSPS) is 20.7. The Bertz CT molecular complexity index is 387. The molecule has 0 aromatic carbocycles. The van der Waals surface area contributed by atoms with Crippen LogP contribution >= 0.6 is 11.3 Å². The molecule has 1 heterocycles. The van der Waals surface area contributed by atoms with Crippen LogP contribution in [0.1, 0.15) is 42.5 Å². The van der Waals surface area contributed by atoms with Crippen LogP contribution < -0.4 is 5.32 Å². The van der Waals surface area contributed by atoms with Gasteiger partial charge in [-0.3, -0.25) is 4.79 Å². The summed E-state index contributed by atoms with van der Waals surface area (Å²) < 4.78 is 0. The van der Waals surface area contributed by atoms with Crippen LogP contribution in [0.4, 0.5) is 0 Å². The highest BCUT2D eigenvalue weighted by molar-refractivity contribution is 7.10. The second-order valence-electron chi connectivity index (χ2n) is 4.67. The Morgan fingerprint density at radius 2 is 2.53 bits per heavy atom. The lowest BCUT2D eigenvalue weighted by Crippen LogP contribution is -2.32. The molecule has 2 N–H and O–H groups in total. The van der Waals surface area contributed by atoms with Crippen molar-refractivity contribution in [3.8, 4) is 0 Å². The molecule has 17 heavy (non-hydrogen) atoms. The fourth-order valence-corrected chi connectivity index (χ4v) is 3.27. The molecule has 1 aromatic heterocycles. The first-order valence-electron chi connectivity index (χ1n) is 6.20. The third-order valence-electron chi connectivity index (χ3n) is 3.23. The molecule has 1 amide bonds. The molecule has 0 spiro atoms. The molecule has 94 valence electrons. The van der Waals surface area contributed by atoms with Gasteiger partial charge in [0.15, 0.2) is 0 Å². The molecule has 0 radical (unpaired) electrons. The number of thiophene rings is 1. The van der Waals surface area contributed by atoms with Crippen molar-refractivity contribution in [1.82, 2.24) is 5.32 Å². The summed E-state index contributed by atoms with van der Waals surface area (Å²) >= 11 is 1.76. The summed E-state index contributed by atoms with van der Waals surface area (Å²) in [7, 11) is 0. The molecule has 3 nitrogen and oxygen atoms in total. The molecule has 0 fully saturated rings. The lowest BCUT2D eigenvalue weighted by molar-refractivity contribution is -0.122. The summed E-state index contributed by atoms with van der Waals surface area (Å²) in [6.45, 7) is 2.30. The monoisotopic (exact) mass is 253 g/mol. The van der Waals surface area contributed by atoms with E-state index < -0.39 is 0 Å². The van der Waals surface area contributed by atoms with Crippen LogP contribution in [0.3, 0.4) is 0 Å². The van der Waals surface area contributed by atoms with Crippen molar-refractivity contribution in [2.24, 2.45) is 0 Å². The molecule has 0 saturated carbocycles. The highest BCUT2D eigenvalue weighted by Gasteiger charge is 2.26. The predicted octanol–water partition coefficient (Wildman–Crippen LogP) is 2.06. The summed E-state index contributed by atoms with van der Waals surface area (Å²) in [4.78, 5) is 13.4. The summed E-state index contributed by atoms with van der Waals surface area (Å²) in [5.74, 6) is 0.143. The Morgan fingerprint density at radius 1 is 1.71 bits per heavy atom. The van der Waals surface area contributed by atoms with Crippen LogP contribution in [0.2, 0.25) is 0 Å². The van der Waals surface area contributed by atoms with Crippen molar-refractivity contribution in [1.29, 1.82) is 0 Å². The van der Waals surface area contributed by atoms with Crippen molar-refractivity contribution in [2.75, 3.05) is 6.54 Å². The Labute approximate surface area is 106 Å². The number of fused-ring (bicyclic) bond motifs is 1. The molecule has 2 atom stereocenters. The molecular weight excluding hydrogens is 234 g/mol. The van der Waals surface area contributed by atoms with Gasteiger partial charge in [-0.25, -0.2) is 0 Å². The van der Waals surface area contributed by atoms with Crippen LogP contribution in [-0.2, 0) is 11.2 Å². The molecule has 1 aliphatic carbocycles. The van der Waals surface area contributed by atoms with E-state index in [0.29, 0.717) is 13.0 Å². The molecule has 2 unspecified atom stereocenters.